The van der Waals surface area contributed by atoms with Crippen LogP contribution in [0.3, 0.4) is 0 Å². The smallest absolute Gasteiger partial charge is 0.182 e. The first-order valence-electron chi connectivity index (χ1n) is 6.25. The molecule has 1 N–H and O–H groups in total. The van der Waals surface area contributed by atoms with Crippen LogP contribution in [0.5, 0.6) is 5.75 Å². The van der Waals surface area contributed by atoms with Gasteiger partial charge < -0.3 is 4.74 Å². The van der Waals surface area contributed by atoms with Crippen LogP contribution in [0.2, 0.25) is 0 Å². The first-order valence-corrected chi connectivity index (χ1v) is 6.25. The minimum Gasteiger partial charge on any atom is -0.496 e. The molecule has 0 aliphatic carbocycles. The third-order valence-corrected chi connectivity index (χ3v) is 2.63. The number of nitrogens with one attached hydrogen (secondary N) is 1. The van der Waals surface area contributed by atoms with Crippen molar-refractivity contribution in [1.82, 2.24) is 5.43 Å². The van der Waals surface area contributed by atoms with Crippen LogP contribution in [-0.4, -0.2) is 19.2 Å². The number of hydrogen-bond donors (Lipinski definition) is 1. The first kappa shape index (κ1) is 15.0. The Morgan fingerprint density at radius 3 is 2.68 bits per heavy atom. The predicted molar refractivity (Wildman–Crippen MR) is 81.1 cm³/mol. The summed E-state index contributed by atoms with van der Waals surface area (Å²) in [5.41, 5.74) is 4.71. The van der Waals surface area contributed by atoms with Gasteiger partial charge in [-0.15, -0.1) is 0 Å². The summed E-state index contributed by atoms with van der Waals surface area (Å²) >= 11 is 0. The zero-order valence-corrected chi connectivity index (χ0v) is 12.0. The molecule has 4 heteroatoms. The molecule has 0 aliphatic rings. The normalized spacial score (nSPS) is 11.9. The summed E-state index contributed by atoms with van der Waals surface area (Å²) in [6.45, 7) is 9.68. The standard InChI is InChI=1S/C15H21N3O/c1-6-16-15(18-17-7-2)13-10-8-9-12(11(3)4)14(13)19-5/h6-11,17H,2H2,1,3-5H3/b16-6+,18-15-. The molecule has 0 amide bonds. The van der Waals surface area contributed by atoms with Gasteiger partial charge >= 0.3 is 0 Å². The third-order valence-electron chi connectivity index (χ3n) is 2.63. The fourth-order valence-electron chi connectivity index (χ4n) is 1.80. The van der Waals surface area contributed by atoms with E-state index in [1.807, 2.05) is 19.1 Å². The van der Waals surface area contributed by atoms with Gasteiger partial charge in [-0.25, -0.2) is 4.99 Å². The SMILES string of the molecule is C=CN/N=C(\N=C\C)c1cccc(C(C)C)c1OC. The Kier molecular flexibility index (Phi) is 5.79. The average molecular weight is 259 g/mol. The van der Waals surface area contributed by atoms with Gasteiger partial charge in [0.25, 0.3) is 0 Å². The lowest BCUT2D eigenvalue weighted by Gasteiger charge is -2.15. The van der Waals surface area contributed by atoms with Crippen LogP contribution in [0.1, 0.15) is 37.8 Å². The molecule has 0 unspecified atom stereocenters. The molecule has 0 bridgehead atoms. The van der Waals surface area contributed by atoms with Crippen LogP contribution in [0.15, 0.2) is 41.1 Å². The Morgan fingerprint density at radius 2 is 2.16 bits per heavy atom. The van der Waals surface area contributed by atoms with E-state index in [9.17, 15) is 0 Å². The van der Waals surface area contributed by atoms with Crippen molar-refractivity contribution in [2.45, 2.75) is 26.7 Å². The van der Waals surface area contributed by atoms with Crippen LogP contribution >= 0.6 is 0 Å². The molecular weight excluding hydrogens is 238 g/mol. The molecule has 0 heterocycles. The van der Waals surface area contributed by atoms with E-state index in [1.54, 1.807) is 13.3 Å². The molecule has 1 aromatic rings. The Balaban J connectivity index is 3.38. The van der Waals surface area contributed by atoms with Crippen molar-refractivity contribution in [1.29, 1.82) is 0 Å². The maximum absolute atomic E-state index is 5.54. The second-order valence-corrected chi connectivity index (χ2v) is 4.24. The van der Waals surface area contributed by atoms with Gasteiger partial charge in [-0.05, 0) is 24.5 Å². The van der Waals surface area contributed by atoms with Gasteiger partial charge in [0, 0.05) is 12.4 Å². The van der Waals surface area contributed by atoms with Gasteiger partial charge in [-0.3, -0.25) is 5.43 Å². The van der Waals surface area contributed by atoms with E-state index < -0.39 is 0 Å². The van der Waals surface area contributed by atoms with Crippen LogP contribution in [0, 0.1) is 0 Å². The quantitative estimate of drug-likeness (QED) is 0.501. The maximum atomic E-state index is 5.54. The molecule has 102 valence electrons. The minimum atomic E-state index is 0.370. The Labute approximate surface area is 114 Å². The van der Waals surface area contributed by atoms with Crippen LogP contribution < -0.4 is 10.2 Å². The molecule has 0 fully saturated rings. The zero-order valence-electron chi connectivity index (χ0n) is 12.0. The molecule has 0 radical (unpaired) electrons. The number of nitrogens with zero attached hydrogens (tertiary/aromatic N) is 2. The maximum Gasteiger partial charge on any atom is 0.182 e. The van der Waals surface area contributed by atoms with E-state index in [4.69, 9.17) is 4.74 Å². The van der Waals surface area contributed by atoms with E-state index in [0.717, 1.165) is 16.9 Å². The number of benzene rings is 1. The van der Waals surface area contributed by atoms with E-state index in [1.165, 1.54) is 6.20 Å². The van der Waals surface area contributed by atoms with E-state index in [2.05, 4.69) is 42.0 Å². The molecule has 0 aromatic heterocycles. The molecule has 0 saturated carbocycles. The number of hydrazone groups is 1. The fraction of sp³-hybridized carbons (Fsp3) is 0.333. The number of ether oxygens (including phenoxy) is 1. The minimum absolute atomic E-state index is 0.370. The highest BCUT2D eigenvalue weighted by molar-refractivity contribution is 6.05. The van der Waals surface area contributed by atoms with Crippen LogP contribution in [0.4, 0.5) is 0 Å². The number of para-hydroxylation sites is 1. The van der Waals surface area contributed by atoms with Crippen molar-refractivity contribution < 1.29 is 4.74 Å². The number of hydrogen-bond acceptors (Lipinski definition) is 3. The lowest BCUT2D eigenvalue weighted by Crippen LogP contribution is -2.08. The van der Waals surface area contributed by atoms with Gasteiger partial charge in [-0.1, -0.05) is 32.6 Å². The molecule has 1 aromatic carbocycles. The van der Waals surface area contributed by atoms with Crippen LogP contribution in [0.25, 0.3) is 0 Å². The summed E-state index contributed by atoms with van der Waals surface area (Å²) in [6, 6.07) is 5.99. The summed E-state index contributed by atoms with van der Waals surface area (Å²) in [6.07, 6.45) is 3.20. The Morgan fingerprint density at radius 1 is 1.42 bits per heavy atom. The number of amidine groups is 1. The monoisotopic (exact) mass is 259 g/mol. The summed E-state index contributed by atoms with van der Waals surface area (Å²) in [5.74, 6) is 1.75. The van der Waals surface area contributed by atoms with Crippen molar-refractivity contribution in [3.63, 3.8) is 0 Å². The molecule has 0 atom stereocenters. The lowest BCUT2D eigenvalue weighted by molar-refractivity contribution is 0.406. The topological polar surface area (TPSA) is 46.0 Å². The predicted octanol–water partition coefficient (Wildman–Crippen LogP) is 3.30. The second-order valence-electron chi connectivity index (χ2n) is 4.24. The van der Waals surface area contributed by atoms with Gasteiger partial charge in [0.2, 0.25) is 0 Å². The number of rotatable bonds is 5. The van der Waals surface area contributed by atoms with Crippen molar-refractivity contribution in [3.8, 4) is 5.75 Å². The van der Waals surface area contributed by atoms with Crippen molar-refractivity contribution in [2.24, 2.45) is 10.1 Å². The summed E-state index contributed by atoms with van der Waals surface area (Å²) in [4.78, 5) is 4.28. The van der Waals surface area contributed by atoms with Crippen molar-refractivity contribution in [2.75, 3.05) is 7.11 Å². The highest BCUT2D eigenvalue weighted by Crippen LogP contribution is 2.30. The summed E-state index contributed by atoms with van der Waals surface area (Å²) in [5, 5.41) is 4.18. The third kappa shape index (κ3) is 3.68. The van der Waals surface area contributed by atoms with Gasteiger partial charge in [0.1, 0.15) is 5.75 Å². The highest BCUT2D eigenvalue weighted by atomic mass is 16.5. The van der Waals surface area contributed by atoms with E-state index >= 15 is 0 Å². The molecule has 0 saturated heterocycles. The van der Waals surface area contributed by atoms with Crippen molar-refractivity contribution in [3.05, 3.63) is 42.1 Å². The Hall–Kier alpha value is -2.10. The molecule has 0 aliphatic heterocycles. The van der Waals surface area contributed by atoms with Gasteiger partial charge in [-0.2, -0.15) is 5.10 Å². The van der Waals surface area contributed by atoms with E-state index in [0.29, 0.717) is 11.8 Å². The summed E-state index contributed by atoms with van der Waals surface area (Å²) < 4.78 is 5.54. The average Bonchev–Trinajstić information content (AvgIpc) is 2.42. The largest absolute Gasteiger partial charge is 0.496 e. The highest BCUT2D eigenvalue weighted by Gasteiger charge is 2.15. The van der Waals surface area contributed by atoms with Crippen LogP contribution in [-0.2, 0) is 0 Å². The molecule has 19 heavy (non-hydrogen) atoms. The van der Waals surface area contributed by atoms with E-state index in [-0.39, 0.29) is 0 Å². The fourth-order valence-corrected chi connectivity index (χ4v) is 1.80. The molecule has 0 spiro atoms. The zero-order chi connectivity index (χ0) is 14.3. The lowest BCUT2D eigenvalue weighted by atomic mass is 9.98. The molecule has 1 rings (SSSR count). The Bertz CT molecular complexity index is 490. The van der Waals surface area contributed by atoms with Gasteiger partial charge in [0.15, 0.2) is 5.84 Å². The molecular formula is C15H21N3O. The van der Waals surface area contributed by atoms with Crippen molar-refractivity contribution >= 4 is 12.1 Å². The second kappa shape index (κ2) is 7.36. The first-order chi connectivity index (χ1) is 9.15. The number of methoxy groups -OCH3 is 1. The number of aliphatic imine (C=N–C) groups is 1. The van der Waals surface area contributed by atoms with Gasteiger partial charge in [0.05, 0.1) is 12.7 Å². The summed E-state index contributed by atoms with van der Waals surface area (Å²) in [7, 11) is 1.67. The molecule has 4 nitrogen and oxygen atoms in total.